The predicted molar refractivity (Wildman–Crippen MR) is 89.7 cm³/mol. The van der Waals surface area contributed by atoms with Crippen molar-refractivity contribution in [1.82, 2.24) is 4.98 Å². The second-order valence-electron chi connectivity index (χ2n) is 6.52. The Morgan fingerprint density at radius 1 is 1.38 bits per heavy atom. The number of pyridine rings is 1. The minimum absolute atomic E-state index is 0.00716. The summed E-state index contributed by atoms with van der Waals surface area (Å²) < 4.78 is 0. The van der Waals surface area contributed by atoms with E-state index in [0.717, 1.165) is 40.4 Å². The summed E-state index contributed by atoms with van der Waals surface area (Å²) in [5.74, 6) is 1.47. The molecule has 1 aromatic heterocycles. The molecule has 0 spiro atoms. The van der Waals surface area contributed by atoms with Crippen LogP contribution in [0.2, 0.25) is 5.02 Å². The number of rotatable bonds is 4. The van der Waals surface area contributed by atoms with Gasteiger partial charge in [0.1, 0.15) is 0 Å². The average Bonchev–Trinajstić information content (AvgIpc) is 2.45. The fourth-order valence-electron chi connectivity index (χ4n) is 3.26. The third-order valence-corrected chi connectivity index (χ3v) is 5.09. The van der Waals surface area contributed by atoms with Crippen LogP contribution in [0.25, 0.3) is 10.9 Å². The molecule has 2 aromatic rings. The molecule has 1 aliphatic carbocycles. The van der Waals surface area contributed by atoms with Crippen molar-refractivity contribution in [2.45, 2.75) is 32.2 Å². The quantitative estimate of drug-likeness (QED) is 0.895. The molecule has 0 saturated heterocycles. The first kappa shape index (κ1) is 14.6. The van der Waals surface area contributed by atoms with Gasteiger partial charge in [-0.15, -0.1) is 0 Å². The molecule has 0 atom stereocenters. The smallest absolute Gasteiger partial charge is 0.0948 e. The van der Waals surface area contributed by atoms with Gasteiger partial charge in [0, 0.05) is 18.1 Å². The Hall–Kier alpha value is -1.32. The van der Waals surface area contributed by atoms with Gasteiger partial charge in [0.05, 0.1) is 21.8 Å². The van der Waals surface area contributed by atoms with Gasteiger partial charge in [0.15, 0.2) is 0 Å². The third kappa shape index (κ3) is 2.60. The number of aromatic nitrogens is 1. The maximum Gasteiger partial charge on any atom is 0.0948 e. The lowest BCUT2D eigenvalue weighted by molar-refractivity contribution is 0.130. The molecular weight excluding hydrogens is 282 g/mol. The van der Waals surface area contributed by atoms with E-state index in [1.165, 1.54) is 0 Å². The van der Waals surface area contributed by atoms with E-state index in [2.05, 4.69) is 24.1 Å². The van der Waals surface area contributed by atoms with Crippen LogP contribution in [0.5, 0.6) is 0 Å². The zero-order valence-corrected chi connectivity index (χ0v) is 13.3. The van der Waals surface area contributed by atoms with Gasteiger partial charge in [0.2, 0.25) is 0 Å². The minimum Gasteiger partial charge on any atom is -0.377 e. The third-order valence-electron chi connectivity index (χ3n) is 4.76. The highest BCUT2D eigenvalue weighted by molar-refractivity contribution is 6.35. The summed E-state index contributed by atoms with van der Waals surface area (Å²) >= 11 is 6.25. The zero-order chi connectivity index (χ0) is 15.0. The van der Waals surface area contributed by atoms with Crippen LogP contribution in [0.15, 0.2) is 30.5 Å². The lowest BCUT2D eigenvalue weighted by Gasteiger charge is -2.50. The molecule has 21 heavy (non-hydrogen) atoms. The summed E-state index contributed by atoms with van der Waals surface area (Å²) in [6.45, 7) is 5.21. The second-order valence-corrected chi connectivity index (χ2v) is 6.92. The summed E-state index contributed by atoms with van der Waals surface area (Å²) in [6.07, 6.45) is 4.05. The van der Waals surface area contributed by atoms with E-state index < -0.39 is 0 Å². The van der Waals surface area contributed by atoms with Gasteiger partial charge in [-0.05, 0) is 48.9 Å². The highest BCUT2D eigenvalue weighted by Crippen LogP contribution is 2.44. The van der Waals surface area contributed by atoms with Crippen LogP contribution in [0, 0.1) is 11.8 Å². The first-order valence-electron chi connectivity index (χ1n) is 7.56. The van der Waals surface area contributed by atoms with Crippen molar-refractivity contribution in [2.24, 2.45) is 17.6 Å². The van der Waals surface area contributed by atoms with Crippen molar-refractivity contribution in [2.75, 3.05) is 11.9 Å². The molecule has 112 valence electrons. The summed E-state index contributed by atoms with van der Waals surface area (Å²) in [5.41, 5.74) is 8.00. The predicted octanol–water partition coefficient (Wildman–Crippen LogP) is 4.06. The molecule has 1 aromatic carbocycles. The number of anilines is 1. The van der Waals surface area contributed by atoms with E-state index in [4.69, 9.17) is 17.3 Å². The van der Waals surface area contributed by atoms with Gasteiger partial charge in [-0.25, -0.2) is 0 Å². The molecule has 3 nitrogen and oxygen atoms in total. The highest BCUT2D eigenvalue weighted by Gasteiger charge is 2.44. The van der Waals surface area contributed by atoms with E-state index in [9.17, 15) is 0 Å². The van der Waals surface area contributed by atoms with Crippen LogP contribution in [-0.2, 0) is 0 Å². The Morgan fingerprint density at radius 2 is 2.14 bits per heavy atom. The van der Waals surface area contributed by atoms with Crippen LogP contribution in [0.1, 0.15) is 26.7 Å². The van der Waals surface area contributed by atoms with Crippen molar-refractivity contribution < 1.29 is 0 Å². The van der Waals surface area contributed by atoms with Gasteiger partial charge in [0.25, 0.3) is 0 Å². The van der Waals surface area contributed by atoms with Crippen molar-refractivity contribution in [3.8, 4) is 0 Å². The SMILES string of the molecule is CC(C)C1CC(CN)(Nc2ccc(Cl)c3cccnc23)C1. The van der Waals surface area contributed by atoms with Crippen molar-refractivity contribution in [1.29, 1.82) is 0 Å². The summed E-state index contributed by atoms with van der Waals surface area (Å²) in [7, 11) is 0. The molecule has 0 bridgehead atoms. The molecule has 0 unspecified atom stereocenters. The molecule has 0 amide bonds. The summed E-state index contributed by atoms with van der Waals surface area (Å²) in [4.78, 5) is 4.49. The maximum atomic E-state index is 6.25. The minimum atomic E-state index is 0.00716. The first-order chi connectivity index (χ1) is 10.0. The normalized spacial score (nSPS) is 25.1. The molecule has 0 aliphatic heterocycles. The molecule has 3 N–H and O–H groups in total. The lowest BCUT2D eigenvalue weighted by Crippen LogP contribution is -2.56. The van der Waals surface area contributed by atoms with E-state index in [1.807, 2.05) is 24.3 Å². The van der Waals surface area contributed by atoms with E-state index in [1.54, 1.807) is 6.20 Å². The first-order valence-corrected chi connectivity index (χ1v) is 7.94. The van der Waals surface area contributed by atoms with E-state index in [-0.39, 0.29) is 5.54 Å². The number of hydrogen-bond acceptors (Lipinski definition) is 3. The molecule has 4 heteroatoms. The van der Waals surface area contributed by atoms with Crippen molar-refractivity contribution in [3.63, 3.8) is 0 Å². The van der Waals surface area contributed by atoms with Crippen LogP contribution in [0.4, 0.5) is 5.69 Å². The Bertz CT molecular complexity index is 648. The molecule has 0 radical (unpaired) electrons. The summed E-state index contributed by atoms with van der Waals surface area (Å²) in [6, 6.07) is 7.85. The van der Waals surface area contributed by atoms with E-state index >= 15 is 0 Å². The Morgan fingerprint density at radius 3 is 2.81 bits per heavy atom. The van der Waals surface area contributed by atoms with Gasteiger partial charge >= 0.3 is 0 Å². The molecule has 1 saturated carbocycles. The Kier molecular flexibility index (Phi) is 3.80. The number of fused-ring (bicyclic) bond motifs is 1. The van der Waals surface area contributed by atoms with Crippen LogP contribution >= 0.6 is 11.6 Å². The monoisotopic (exact) mass is 303 g/mol. The van der Waals surface area contributed by atoms with Gasteiger partial charge in [-0.1, -0.05) is 25.4 Å². The largest absolute Gasteiger partial charge is 0.377 e. The molecule has 1 aliphatic rings. The summed E-state index contributed by atoms with van der Waals surface area (Å²) in [5, 5.41) is 5.37. The number of nitrogens with two attached hydrogens (primary N) is 1. The fourth-order valence-corrected chi connectivity index (χ4v) is 3.48. The molecule has 1 fully saturated rings. The maximum absolute atomic E-state index is 6.25. The number of nitrogens with one attached hydrogen (secondary N) is 1. The average molecular weight is 304 g/mol. The Balaban J connectivity index is 1.90. The highest BCUT2D eigenvalue weighted by atomic mass is 35.5. The fraction of sp³-hybridized carbons (Fsp3) is 0.471. The number of benzene rings is 1. The molecule has 3 rings (SSSR count). The van der Waals surface area contributed by atoms with Gasteiger partial charge in [-0.2, -0.15) is 0 Å². The molecular formula is C17H22ClN3. The number of halogens is 1. The standard InChI is InChI=1S/C17H22ClN3/c1-11(2)12-8-17(9-12,10-19)21-15-6-5-14(18)13-4-3-7-20-16(13)15/h3-7,11-12,21H,8-10,19H2,1-2H3. The molecule has 1 heterocycles. The second kappa shape index (κ2) is 5.47. The number of hydrogen-bond donors (Lipinski definition) is 2. The van der Waals surface area contributed by atoms with Crippen molar-refractivity contribution in [3.05, 3.63) is 35.5 Å². The van der Waals surface area contributed by atoms with E-state index in [0.29, 0.717) is 12.5 Å². The topological polar surface area (TPSA) is 50.9 Å². The van der Waals surface area contributed by atoms with Gasteiger partial charge in [-0.3, -0.25) is 4.98 Å². The lowest BCUT2D eigenvalue weighted by atomic mass is 9.64. The zero-order valence-electron chi connectivity index (χ0n) is 12.6. The van der Waals surface area contributed by atoms with Crippen LogP contribution in [-0.4, -0.2) is 17.1 Å². The van der Waals surface area contributed by atoms with Crippen LogP contribution in [0.3, 0.4) is 0 Å². The van der Waals surface area contributed by atoms with Crippen LogP contribution < -0.4 is 11.1 Å². The Labute approximate surface area is 130 Å². The number of nitrogens with zero attached hydrogens (tertiary/aromatic N) is 1. The van der Waals surface area contributed by atoms with Crippen molar-refractivity contribution >= 4 is 28.2 Å². The van der Waals surface area contributed by atoms with Gasteiger partial charge < -0.3 is 11.1 Å².